The molecule has 0 aliphatic heterocycles. The zero-order chi connectivity index (χ0) is 22.6. The molecule has 5 nitrogen and oxygen atoms in total. The second-order valence-electron chi connectivity index (χ2n) is 9.47. The summed E-state index contributed by atoms with van der Waals surface area (Å²) in [6.45, 7) is 6.82. The average Bonchev–Trinajstić information content (AvgIpc) is 2.68. The van der Waals surface area contributed by atoms with Crippen molar-refractivity contribution in [3.63, 3.8) is 0 Å². The highest BCUT2D eigenvalue weighted by Gasteiger charge is 2.23. The summed E-state index contributed by atoms with van der Waals surface area (Å²) < 4.78 is 23.1. The van der Waals surface area contributed by atoms with Gasteiger partial charge in [0.15, 0.2) is 0 Å². The highest BCUT2D eigenvalue weighted by molar-refractivity contribution is 7.47. The Labute approximate surface area is 188 Å². The molecule has 1 atom stereocenters. The Morgan fingerprint density at radius 3 is 1.50 bits per heavy atom. The van der Waals surface area contributed by atoms with Crippen LogP contribution < -0.4 is 0 Å². The topological polar surface area (TPSA) is 55.8 Å². The summed E-state index contributed by atoms with van der Waals surface area (Å²) >= 11 is 0. The summed E-state index contributed by atoms with van der Waals surface area (Å²) in [7, 11) is 0.422. The number of hydrogen-bond acceptors (Lipinski definition) is 3. The van der Waals surface area contributed by atoms with Crippen LogP contribution in [0.3, 0.4) is 0 Å². The summed E-state index contributed by atoms with van der Waals surface area (Å²) in [5.74, 6) is 0. The number of quaternary nitrogens is 1. The van der Waals surface area contributed by atoms with E-state index in [-0.39, 0.29) is 6.61 Å². The van der Waals surface area contributed by atoms with E-state index in [1.54, 1.807) is 0 Å². The van der Waals surface area contributed by atoms with Gasteiger partial charge in [0.2, 0.25) is 0 Å². The third-order valence-corrected chi connectivity index (χ3v) is 6.84. The van der Waals surface area contributed by atoms with Crippen molar-refractivity contribution in [1.82, 2.24) is 0 Å². The third-order valence-electron chi connectivity index (χ3n) is 5.82. The number of likely N-dealkylation sites (N-methyl/N-ethyl adjacent to an activating group) is 1. The molecular formula is C24H53NO4P+. The van der Waals surface area contributed by atoms with Gasteiger partial charge in [-0.25, -0.2) is 4.57 Å². The number of nitrogens with zero attached hydrogens (tertiary/aromatic N) is 1. The van der Waals surface area contributed by atoms with E-state index in [9.17, 15) is 9.46 Å². The van der Waals surface area contributed by atoms with Crippen molar-refractivity contribution in [3.05, 3.63) is 0 Å². The SMILES string of the molecule is CCCCCCCCCCCC[N+](C)(C)CCOP(=O)(O)OCCCCCCCC. The number of unbranched alkanes of at least 4 members (excludes halogenated alkanes) is 14. The van der Waals surface area contributed by atoms with Crippen LogP contribution >= 0.6 is 7.82 Å². The molecule has 0 rings (SSSR count). The minimum Gasteiger partial charge on any atom is -0.327 e. The standard InChI is InChI=1S/C24H52NO4P/c1-5-7-9-11-13-14-15-16-17-19-21-25(3,4)22-24-29-30(26,27)28-23-20-18-12-10-8-6-2/h5-24H2,1-4H3/p+1. The lowest BCUT2D eigenvalue weighted by molar-refractivity contribution is -0.890. The maximum atomic E-state index is 12.0. The van der Waals surface area contributed by atoms with Crippen LogP contribution in [0.1, 0.15) is 117 Å². The lowest BCUT2D eigenvalue weighted by Gasteiger charge is -2.29. The molecule has 0 aromatic carbocycles. The Kier molecular flexibility index (Phi) is 19.8. The van der Waals surface area contributed by atoms with Crippen molar-refractivity contribution in [2.75, 3.05) is 40.4 Å². The van der Waals surface area contributed by atoms with Crippen molar-refractivity contribution in [3.8, 4) is 0 Å². The van der Waals surface area contributed by atoms with Gasteiger partial charge >= 0.3 is 7.82 Å². The van der Waals surface area contributed by atoms with Crippen LogP contribution in [0, 0.1) is 0 Å². The maximum Gasteiger partial charge on any atom is 0.472 e. The van der Waals surface area contributed by atoms with Crippen molar-refractivity contribution < 1.29 is 23.0 Å². The van der Waals surface area contributed by atoms with Gasteiger partial charge in [-0.15, -0.1) is 0 Å². The molecule has 0 heterocycles. The van der Waals surface area contributed by atoms with E-state index in [2.05, 4.69) is 27.9 Å². The molecule has 0 aliphatic rings. The monoisotopic (exact) mass is 450 g/mol. The maximum absolute atomic E-state index is 12.0. The van der Waals surface area contributed by atoms with Gasteiger partial charge in [0, 0.05) is 0 Å². The highest BCUT2D eigenvalue weighted by atomic mass is 31.2. The van der Waals surface area contributed by atoms with E-state index >= 15 is 0 Å². The van der Waals surface area contributed by atoms with E-state index in [1.807, 2.05) is 0 Å². The zero-order valence-electron chi connectivity index (χ0n) is 20.7. The van der Waals surface area contributed by atoms with E-state index < -0.39 is 7.82 Å². The van der Waals surface area contributed by atoms with E-state index in [4.69, 9.17) is 9.05 Å². The van der Waals surface area contributed by atoms with Crippen molar-refractivity contribution >= 4 is 7.82 Å². The minimum absolute atomic E-state index is 0.259. The molecule has 0 spiro atoms. The van der Waals surface area contributed by atoms with Crippen LogP contribution in [0.5, 0.6) is 0 Å². The van der Waals surface area contributed by atoms with Gasteiger partial charge in [-0.1, -0.05) is 97.3 Å². The fourth-order valence-electron chi connectivity index (χ4n) is 3.64. The molecule has 0 aliphatic carbocycles. The number of rotatable bonds is 23. The summed E-state index contributed by atoms with van der Waals surface area (Å²) in [4.78, 5) is 9.82. The van der Waals surface area contributed by atoms with Crippen molar-refractivity contribution in [1.29, 1.82) is 0 Å². The molecule has 0 aromatic rings. The molecule has 0 radical (unpaired) electrons. The van der Waals surface area contributed by atoms with Crippen LogP contribution in [0.4, 0.5) is 0 Å². The highest BCUT2D eigenvalue weighted by Crippen LogP contribution is 2.43. The first-order chi connectivity index (χ1) is 14.3. The molecular weight excluding hydrogens is 397 g/mol. The van der Waals surface area contributed by atoms with Crippen LogP contribution in [0.2, 0.25) is 0 Å². The fraction of sp³-hybridized carbons (Fsp3) is 1.00. The normalized spacial score (nSPS) is 14.2. The van der Waals surface area contributed by atoms with Gasteiger partial charge < -0.3 is 9.38 Å². The molecule has 0 fully saturated rings. The zero-order valence-corrected chi connectivity index (χ0v) is 21.6. The van der Waals surface area contributed by atoms with Crippen molar-refractivity contribution in [2.24, 2.45) is 0 Å². The van der Waals surface area contributed by atoms with Gasteiger partial charge in [-0.2, -0.15) is 0 Å². The molecule has 1 N–H and O–H groups in total. The lowest BCUT2D eigenvalue weighted by Crippen LogP contribution is -2.42. The number of phosphoric acid groups is 1. The van der Waals surface area contributed by atoms with Gasteiger partial charge in [0.1, 0.15) is 13.2 Å². The molecule has 0 amide bonds. The fourth-order valence-corrected chi connectivity index (χ4v) is 4.39. The Bertz CT molecular complexity index is 418. The second kappa shape index (κ2) is 19.7. The average molecular weight is 451 g/mol. The van der Waals surface area contributed by atoms with Gasteiger partial charge in [0.05, 0.1) is 27.2 Å². The molecule has 30 heavy (non-hydrogen) atoms. The van der Waals surface area contributed by atoms with Crippen LogP contribution in [0.15, 0.2) is 0 Å². The van der Waals surface area contributed by atoms with Gasteiger partial charge in [-0.05, 0) is 19.3 Å². The van der Waals surface area contributed by atoms with Crippen LogP contribution in [0.25, 0.3) is 0 Å². The quantitative estimate of drug-likeness (QED) is 0.0996. The minimum atomic E-state index is -3.90. The molecule has 0 saturated heterocycles. The first kappa shape index (κ1) is 30.1. The molecule has 6 heteroatoms. The Hall–Kier alpha value is 0.0700. The Morgan fingerprint density at radius 2 is 1.00 bits per heavy atom. The molecule has 0 aromatic heterocycles. The van der Waals surface area contributed by atoms with Crippen LogP contribution in [-0.4, -0.2) is 49.8 Å². The molecule has 0 bridgehead atoms. The summed E-state index contributed by atoms with van der Waals surface area (Å²) in [6.07, 6.45) is 20.2. The molecule has 1 unspecified atom stereocenters. The Morgan fingerprint density at radius 1 is 0.600 bits per heavy atom. The predicted octanol–water partition coefficient (Wildman–Crippen LogP) is 7.48. The Balaban J connectivity index is 3.64. The first-order valence-corrected chi connectivity index (χ1v) is 14.3. The smallest absolute Gasteiger partial charge is 0.327 e. The molecule has 0 saturated carbocycles. The summed E-state index contributed by atoms with van der Waals surface area (Å²) in [6, 6.07) is 0. The predicted molar refractivity (Wildman–Crippen MR) is 129 cm³/mol. The molecule has 182 valence electrons. The van der Waals surface area contributed by atoms with E-state index in [1.165, 1.54) is 89.9 Å². The number of phosphoric ester groups is 1. The third kappa shape index (κ3) is 21.3. The van der Waals surface area contributed by atoms with E-state index in [0.717, 1.165) is 30.4 Å². The van der Waals surface area contributed by atoms with Crippen molar-refractivity contribution in [2.45, 2.75) is 117 Å². The van der Waals surface area contributed by atoms with Gasteiger partial charge in [-0.3, -0.25) is 9.05 Å². The van der Waals surface area contributed by atoms with Crippen LogP contribution in [-0.2, 0) is 13.6 Å². The number of hydrogen-bond donors (Lipinski definition) is 1. The summed E-state index contributed by atoms with van der Waals surface area (Å²) in [5.41, 5.74) is 0. The summed E-state index contributed by atoms with van der Waals surface area (Å²) in [5, 5.41) is 0. The van der Waals surface area contributed by atoms with Gasteiger partial charge in [0.25, 0.3) is 0 Å². The largest absolute Gasteiger partial charge is 0.472 e. The van der Waals surface area contributed by atoms with E-state index in [0.29, 0.717) is 6.61 Å². The first-order valence-electron chi connectivity index (χ1n) is 12.8. The second-order valence-corrected chi connectivity index (χ2v) is 10.9. The lowest BCUT2D eigenvalue weighted by atomic mass is 10.1.